The number of esters is 1. The Balaban J connectivity index is 2.18. The van der Waals surface area contributed by atoms with E-state index in [1.165, 1.54) is 23.1 Å². The summed E-state index contributed by atoms with van der Waals surface area (Å²) in [6.45, 7) is 3.39. The molecule has 0 fully saturated rings. The summed E-state index contributed by atoms with van der Waals surface area (Å²) in [6, 6.07) is 9.10. The fourth-order valence-corrected chi connectivity index (χ4v) is 3.52. The molecule has 1 N–H and O–H groups in total. The van der Waals surface area contributed by atoms with E-state index in [0.717, 1.165) is 0 Å². The summed E-state index contributed by atoms with van der Waals surface area (Å²) >= 11 is 12.1. The highest BCUT2D eigenvalue weighted by atomic mass is 35.5. The normalized spacial score (nSPS) is 16.8. The van der Waals surface area contributed by atoms with E-state index in [2.05, 4.69) is 5.32 Å². The first kappa shape index (κ1) is 20.2. The Morgan fingerprint density at radius 3 is 2.50 bits per heavy atom. The molecule has 0 unspecified atom stereocenters. The average molecular weight is 423 g/mol. The number of anilines is 1. The van der Waals surface area contributed by atoms with Crippen LogP contribution in [0.4, 0.5) is 14.9 Å². The maximum atomic E-state index is 14.5. The highest BCUT2D eigenvalue weighted by Crippen LogP contribution is 2.38. The topological polar surface area (TPSA) is 58.6 Å². The Morgan fingerprint density at radius 2 is 1.89 bits per heavy atom. The molecule has 2 amide bonds. The first-order valence-corrected chi connectivity index (χ1v) is 9.28. The highest BCUT2D eigenvalue weighted by Gasteiger charge is 2.39. The van der Waals surface area contributed by atoms with Gasteiger partial charge in [-0.05, 0) is 50.2 Å². The minimum absolute atomic E-state index is 0.00989. The fraction of sp³-hybridized carbons (Fsp3) is 0.200. The molecule has 0 spiro atoms. The van der Waals surface area contributed by atoms with E-state index in [9.17, 15) is 14.0 Å². The molecule has 0 aromatic heterocycles. The zero-order chi connectivity index (χ0) is 20.4. The van der Waals surface area contributed by atoms with Gasteiger partial charge in [0, 0.05) is 21.3 Å². The lowest BCUT2D eigenvalue weighted by Gasteiger charge is -2.35. The molecule has 1 aliphatic rings. The van der Waals surface area contributed by atoms with Crippen LogP contribution < -0.4 is 10.2 Å². The maximum absolute atomic E-state index is 14.5. The molecule has 0 saturated carbocycles. The first-order valence-electron chi connectivity index (χ1n) is 8.53. The first-order chi connectivity index (χ1) is 13.3. The summed E-state index contributed by atoms with van der Waals surface area (Å²) in [6.07, 6.45) is 0. The SMILES string of the molecule is CCOC(=O)C1=C(C)N(c2ccc(Cl)cc2)C(=O)N[C@H]1c1c(F)cccc1Cl. The molecular weight excluding hydrogens is 406 g/mol. The summed E-state index contributed by atoms with van der Waals surface area (Å²) in [7, 11) is 0. The Hall–Kier alpha value is -2.57. The van der Waals surface area contributed by atoms with Gasteiger partial charge in [0.25, 0.3) is 0 Å². The molecule has 8 heteroatoms. The number of hydrogen-bond acceptors (Lipinski definition) is 3. The number of allylic oxidation sites excluding steroid dienone is 1. The number of nitrogens with one attached hydrogen (secondary N) is 1. The van der Waals surface area contributed by atoms with Crippen LogP contribution >= 0.6 is 23.2 Å². The number of urea groups is 1. The van der Waals surface area contributed by atoms with E-state index in [0.29, 0.717) is 16.4 Å². The zero-order valence-corrected chi connectivity index (χ0v) is 16.6. The van der Waals surface area contributed by atoms with Crippen molar-refractivity contribution < 1.29 is 18.7 Å². The van der Waals surface area contributed by atoms with Crippen LogP contribution in [0.5, 0.6) is 0 Å². The third-order valence-corrected chi connectivity index (χ3v) is 4.93. The molecule has 5 nitrogen and oxygen atoms in total. The summed E-state index contributed by atoms with van der Waals surface area (Å²) in [5.74, 6) is -1.30. The molecule has 1 atom stereocenters. The van der Waals surface area contributed by atoms with Crippen LogP contribution in [0.2, 0.25) is 10.0 Å². The van der Waals surface area contributed by atoms with Crippen LogP contribution in [0.15, 0.2) is 53.7 Å². The molecule has 28 heavy (non-hydrogen) atoms. The number of carbonyl (C=O) groups excluding carboxylic acids is 2. The molecule has 2 aromatic carbocycles. The van der Waals surface area contributed by atoms with E-state index in [1.54, 1.807) is 38.1 Å². The highest BCUT2D eigenvalue weighted by molar-refractivity contribution is 6.31. The fourth-order valence-electron chi connectivity index (χ4n) is 3.12. The van der Waals surface area contributed by atoms with Crippen LogP contribution in [-0.2, 0) is 9.53 Å². The molecular formula is C20H17Cl2FN2O3. The standard InChI is InChI=1S/C20H17Cl2FN2O3/c1-3-28-19(26)16-11(2)25(13-9-7-12(21)8-10-13)20(27)24-18(16)17-14(22)5-4-6-15(17)23/h4-10,18H,3H2,1-2H3,(H,24,27)/t18-/m1/s1. The zero-order valence-electron chi connectivity index (χ0n) is 15.1. The van der Waals surface area contributed by atoms with Crippen molar-refractivity contribution in [3.05, 3.63) is 75.2 Å². The summed E-state index contributed by atoms with van der Waals surface area (Å²) in [5, 5.41) is 3.27. The summed E-state index contributed by atoms with van der Waals surface area (Å²) < 4.78 is 19.7. The van der Waals surface area contributed by atoms with Gasteiger partial charge in [-0.3, -0.25) is 4.90 Å². The maximum Gasteiger partial charge on any atom is 0.338 e. The van der Waals surface area contributed by atoms with Crippen molar-refractivity contribution in [2.75, 3.05) is 11.5 Å². The number of nitrogens with zero attached hydrogens (tertiary/aromatic N) is 1. The molecule has 0 aliphatic carbocycles. The Morgan fingerprint density at radius 1 is 1.21 bits per heavy atom. The lowest BCUT2D eigenvalue weighted by atomic mass is 9.94. The van der Waals surface area contributed by atoms with E-state index in [4.69, 9.17) is 27.9 Å². The monoisotopic (exact) mass is 422 g/mol. The van der Waals surface area contributed by atoms with Gasteiger partial charge >= 0.3 is 12.0 Å². The Labute approximate surface area is 171 Å². The van der Waals surface area contributed by atoms with E-state index < -0.39 is 23.9 Å². The number of rotatable bonds is 4. The number of halogens is 3. The van der Waals surface area contributed by atoms with Gasteiger partial charge in [0.2, 0.25) is 0 Å². The predicted molar refractivity (Wildman–Crippen MR) is 106 cm³/mol. The van der Waals surface area contributed by atoms with Gasteiger partial charge in [0.1, 0.15) is 5.82 Å². The van der Waals surface area contributed by atoms with Crippen LogP contribution in [0.3, 0.4) is 0 Å². The van der Waals surface area contributed by atoms with Crippen LogP contribution in [0, 0.1) is 5.82 Å². The lowest BCUT2D eigenvalue weighted by molar-refractivity contribution is -0.139. The van der Waals surface area contributed by atoms with E-state index >= 15 is 0 Å². The number of carbonyl (C=O) groups is 2. The van der Waals surface area contributed by atoms with Crippen molar-refractivity contribution in [3.8, 4) is 0 Å². The average Bonchev–Trinajstić information content (AvgIpc) is 2.63. The number of ether oxygens (including phenoxy) is 1. The van der Waals surface area contributed by atoms with Gasteiger partial charge in [-0.15, -0.1) is 0 Å². The van der Waals surface area contributed by atoms with Crippen LogP contribution in [-0.4, -0.2) is 18.6 Å². The van der Waals surface area contributed by atoms with Gasteiger partial charge < -0.3 is 10.1 Å². The molecule has 146 valence electrons. The van der Waals surface area contributed by atoms with Gasteiger partial charge in [-0.1, -0.05) is 29.3 Å². The van der Waals surface area contributed by atoms with Crippen molar-refractivity contribution in [2.24, 2.45) is 0 Å². The van der Waals surface area contributed by atoms with Gasteiger partial charge in [0.05, 0.1) is 23.9 Å². The minimum atomic E-state index is -1.08. The third kappa shape index (κ3) is 3.70. The van der Waals surface area contributed by atoms with E-state index in [1.807, 2.05) is 0 Å². The Bertz CT molecular complexity index is 940. The van der Waals surface area contributed by atoms with Gasteiger partial charge in [-0.2, -0.15) is 0 Å². The molecule has 1 aliphatic heterocycles. The van der Waals surface area contributed by atoms with Gasteiger partial charge in [-0.25, -0.2) is 14.0 Å². The smallest absolute Gasteiger partial charge is 0.338 e. The summed E-state index contributed by atoms with van der Waals surface area (Å²) in [4.78, 5) is 26.9. The van der Waals surface area contributed by atoms with E-state index in [-0.39, 0.29) is 22.8 Å². The second-order valence-electron chi connectivity index (χ2n) is 6.05. The molecule has 0 bridgehead atoms. The molecule has 0 saturated heterocycles. The third-order valence-electron chi connectivity index (χ3n) is 4.35. The van der Waals surface area contributed by atoms with Crippen molar-refractivity contribution in [1.82, 2.24) is 5.32 Å². The number of benzene rings is 2. The predicted octanol–water partition coefficient (Wildman–Crippen LogP) is 5.24. The second-order valence-corrected chi connectivity index (χ2v) is 6.89. The van der Waals surface area contributed by atoms with Crippen molar-refractivity contribution in [3.63, 3.8) is 0 Å². The summed E-state index contributed by atoms with van der Waals surface area (Å²) in [5.41, 5.74) is 0.923. The largest absolute Gasteiger partial charge is 0.463 e. The quantitative estimate of drug-likeness (QED) is 0.685. The molecule has 2 aromatic rings. The lowest BCUT2D eigenvalue weighted by Crippen LogP contribution is -2.48. The van der Waals surface area contributed by atoms with Crippen LogP contribution in [0.1, 0.15) is 25.5 Å². The van der Waals surface area contributed by atoms with Crippen molar-refractivity contribution in [1.29, 1.82) is 0 Å². The van der Waals surface area contributed by atoms with Gasteiger partial charge in [0.15, 0.2) is 0 Å². The number of amides is 2. The molecule has 1 heterocycles. The Kier molecular flexibility index (Phi) is 5.91. The number of hydrogen-bond donors (Lipinski definition) is 1. The molecule has 0 radical (unpaired) electrons. The van der Waals surface area contributed by atoms with Crippen molar-refractivity contribution in [2.45, 2.75) is 19.9 Å². The minimum Gasteiger partial charge on any atom is -0.463 e. The van der Waals surface area contributed by atoms with Crippen molar-refractivity contribution >= 4 is 40.9 Å². The second kappa shape index (κ2) is 8.20. The molecule has 3 rings (SSSR count). The van der Waals surface area contributed by atoms with Crippen LogP contribution in [0.25, 0.3) is 0 Å².